The third-order valence-electron chi connectivity index (χ3n) is 3.41. The lowest BCUT2D eigenvalue weighted by molar-refractivity contribution is 0.0698. The maximum absolute atomic E-state index is 11.8. The lowest BCUT2D eigenvalue weighted by Gasteiger charge is -2.10. The first-order chi connectivity index (χ1) is 11.0. The predicted molar refractivity (Wildman–Crippen MR) is 87.7 cm³/mol. The maximum Gasteiger partial charge on any atom is 0.411 e. The van der Waals surface area contributed by atoms with Gasteiger partial charge in [0.1, 0.15) is 6.61 Å². The van der Waals surface area contributed by atoms with E-state index < -0.39 is 12.1 Å². The van der Waals surface area contributed by atoms with Gasteiger partial charge < -0.3 is 9.84 Å². The number of carboxylic acid groups (broad SMARTS) is 1. The fourth-order valence-electron chi connectivity index (χ4n) is 2.07. The number of hydrogen-bond donors (Lipinski definition) is 2. The van der Waals surface area contributed by atoms with Gasteiger partial charge in [0.2, 0.25) is 0 Å². The molecule has 0 bridgehead atoms. The summed E-state index contributed by atoms with van der Waals surface area (Å²) in [6, 6.07) is 14.0. The quantitative estimate of drug-likeness (QED) is 0.865. The summed E-state index contributed by atoms with van der Waals surface area (Å²) >= 11 is 0. The molecule has 0 radical (unpaired) electrons. The molecule has 2 rings (SSSR count). The van der Waals surface area contributed by atoms with Crippen molar-refractivity contribution < 1.29 is 19.4 Å². The highest BCUT2D eigenvalue weighted by atomic mass is 16.5. The molecule has 23 heavy (non-hydrogen) atoms. The topological polar surface area (TPSA) is 75.6 Å². The van der Waals surface area contributed by atoms with Gasteiger partial charge >= 0.3 is 12.1 Å². The van der Waals surface area contributed by atoms with Gasteiger partial charge in [0, 0.05) is 0 Å². The van der Waals surface area contributed by atoms with E-state index in [1.165, 1.54) is 17.7 Å². The van der Waals surface area contributed by atoms with E-state index in [-0.39, 0.29) is 17.9 Å². The average molecular weight is 313 g/mol. The van der Waals surface area contributed by atoms with Crippen molar-refractivity contribution >= 4 is 17.7 Å². The molecular weight excluding hydrogens is 294 g/mol. The molecule has 0 aliphatic rings. The Kier molecular flexibility index (Phi) is 5.36. The summed E-state index contributed by atoms with van der Waals surface area (Å²) in [5.74, 6) is -0.661. The first-order valence-corrected chi connectivity index (χ1v) is 7.32. The van der Waals surface area contributed by atoms with Crippen LogP contribution < -0.4 is 5.32 Å². The molecule has 0 unspecified atom stereocenters. The molecule has 0 heterocycles. The number of aromatic carboxylic acids is 1. The van der Waals surface area contributed by atoms with Crippen LogP contribution in [0.5, 0.6) is 0 Å². The molecule has 0 atom stereocenters. The summed E-state index contributed by atoms with van der Waals surface area (Å²) in [4.78, 5) is 22.9. The smallest absolute Gasteiger partial charge is 0.411 e. The summed E-state index contributed by atoms with van der Waals surface area (Å²) in [5, 5.41) is 11.5. The van der Waals surface area contributed by atoms with Crippen molar-refractivity contribution in [2.75, 3.05) is 5.32 Å². The van der Waals surface area contributed by atoms with Crippen molar-refractivity contribution in [3.8, 4) is 0 Å². The maximum atomic E-state index is 11.8. The van der Waals surface area contributed by atoms with Crippen molar-refractivity contribution in [1.82, 2.24) is 0 Å². The second-order valence-electron chi connectivity index (χ2n) is 5.45. The van der Waals surface area contributed by atoms with E-state index in [9.17, 15) is 9.59 Å². The Balaban J connectivity index is 1.94. The molecule has 5 nitrogen and oxygen atoms in total. The van der Waals surface area contributed by atoms with Gasteiger partial charge in [-0.15, -0.1) is 0 Å². The highest BCUT2D eigenvalue weighted by molar-refractivity contribution is 5.98. The molecule has 2 aromatic carbocycles. The third-order valence-corrected chi connectivity index (χ3v) is 3.41. The fourth-order valence-corrected chi connectivity index (χ4v) is 2.07. The van der Waals surface area contributed by atoms with Crippen LogP contribution in [0.3, 0.4) is 0 Å². The van der Waals surface area contributed by atoms with Crippen LogP contribution in [-0.4, -0.2) is 17.2 Å². The van der Waals surface area contributed by atoms with Gasteiger partial charge in [-0.25, -0.2) is 9.59 Å². The van der Waals surface area contributed by atoms with E-state index in [1.807, 2.05) is 24.3 Å². The van der Waals surface area contributed by atoms with Crippen LogP contribution in [0.4, 0.5) is 10.5 Å². The zero-order valence-corrected chi connectivity index (χ0v) is 13.1. The van der Waals surface area contributed by atoms with Crippen LogP contribution in [0.15, 0.2) is 48.5 Å². The van der Waals surface area contributed by atoms with E-state index in [4.69, 9.17) is 9.84 Å². The Hall–Kier alpha value is -2.82. The minimum atomic E-state index is -1.11. The first-order valence-electron chi connectivity index (χ1n) is 7.32. The molecular formula is C18H19NO4. The van der Waals surface area contributed by atoms with Crippen molar-refractivity contribution in [3.05, 3.63) is 65.2 Å². The molecule has 0 aliphatic heterocycles. The molecule has 120 valence electrons. The number of anilines is 1. The number of hydrogen-bond acceptors (Lipinski definition) is 3. The lowest BCUT2D eigenvalue weighted by Crippen LogP contribution is -2.16. The van der Waals surface area contributed by atoms with E-state index >= 15 is 0 Å². The number of benzene rings is 2. The van der Waals surface area contributed by atoms with Gasteiger partial charge in [0.25, 0.3) is 0 Å². The van der Waals surface area contributed by atoms with Crippen LogP contribution in [0.25, 0.3) is 0 Å². The third kappa shape index (κ3) is 4.57. The molecule has 0 aromatic heterocycles. The monoisotopic (exact) mass is 313 g/mol. The van der Waals surface area contributed by atoms with Crippen LogP contribution in [0, 0.1) is 0 Å². The average Bonchev–Trinajstić information content (AvgIpc) is 2.53. The summed E-state index contributed by atoms with van der Waals surface area (Å²) in [6.45, 7) is 4.34. The Morgan fingerprint density at radius 3 is 2.35 bits per heavy atom. The van der Waals surface area contributed by atoms with Crippen LogP contribution in [0.1, 0.15) is 41.3 Å². The van der Waals surface area contributed by atoms with Crippen molar-refractivity contribution in [2.45, 2.75) is 26.4 Å². The second-order valence-corrected chi connectivity index (χ2v) is 5.45. The van der Waals surface area contributed by atoms with Crippen LogP contribution >= 0.6 is 0 Å². The second kappa shape index (κ2) is 7.45. The van der Waals surface area contributed by atoms with E-state index in [1.54, 1.807) is 12.1 Å². The number of nitrogens with one attached hydrogen (secondary N) is 1. The molecule has 2 aromatic rings. The zero-order valence-electron chi connectivity index (χ0n) is 13.1. The molecule has 0 spiro atoms. The lowest BCUT2D eigenvalue weighted by atomic mass is 10.0. The molecule has 5 heteroatoms. The highest BCUT2D eigenvalue weighted by Crippen LogP contribution is 2.17. The highest BCUT2D eigenvalue weighted by Gasteiger charge is 2.12. The zero-order chi connectivity index (χ0) is 16.8. The number of carbonyl (C=O) groups excluding carboxylic acids is 1. The van der Waals surface area contributed by atoms with Gasteiger partial charge in [-0.3, -0.25) is 5.32 Å². The van der Waals surface area contributed by atoms with Gasteiger partial charge in [0.05, 0.1) is 11.3 Å². The molecule has 0 saturated heterocycles. The Bertz CT molecular complexity index is 692. The summed E-state index contributed by atoms with van der Waals surface area (Å²) in [5.41, 5.74) is 2.32. The minimum absolute atomic E-state index is 0.0192. The number of rotatable bonds is 5. The number of amides is 1. The van der Waals surface area contributed by atoms with Gasteiger partial charge in [-0.1, -0.05) is 50.2 Å². The first kappa shape index (κ1) is 16.5. The molecule has 2 N–H and O–H groups in total. The van der Waals surface area contributed by atoms with Crippen molar-refractivity contribution in [1.29, 1.82) is 0 Å². The van der Waals surface area contributed by atoms with E-state index in [2.05, 4.69) is 19.2 Å². The molecule has 0 fully saturated rings. The number of carboxylic acids is 1. The van der Waals surface area contributed by atoms with Crippen molar-refractivity contribution in [2.24, 2.45) is 0 Å². The van der Waals surface area contributed by atoms with E-state index in [0.717, 1.165) is 5.56 Å². The SMILES string of the molecule is CC(C)c1ccc(COC(=O)Nc2ccccc2C(=O)O)cc1. The minimum Gasteiger partial charge on any atom is -0.478 e. The summed E-state index contributed by atoms with van der Waals surface area (Å²) < 4.78 is 5.12. The van der Waals surface area contributed by atoms with Crippen LogP contribution in [-0.2, 0) is 11.3 Å². The molecule has 0 aliphatic carbocycles. The largest absolute Gasteiger partial charge is 0.478 e. The Morgan fingerprint density at radius 1 is 1.09 bits per heavy atom. The van der Waals surface area contributed by atoms with Crippen molar-refractivity contribution in [3.63, 3.8) is 0 Å². The predicted octanol–water partition coefficient (Wildman–Crippen LogP) is 4.26. The van der Waals surface area contributed by atoms with Gasteiger partial charge in [-0.2, -0.15) is 0 Å². The van der Waals surface area contributed by atoms with Crippen LogP contribution in [0.2, 0.25) is 0 Å². The normalized spacial score (nSPS) is 10.4. The fraction of sp³-hybridized carbons (Fsp3) is 0.222. The molecule has 1 amide bonds. The van der Waals surface area contributed by atoms with E-state index in [0.29, 0.717) is 5.92 Å². The number of carbonyl (C=O) groups is 2. The van der Waals surface area contributed by atoms with Gasteiger partial charge in [-0.05, 0) is 29.2 Å². The Labute approximate surface area is 134 Å². The summed E-state index contributed by atoms with van der Waals surface area (Å²) in [7, 11) is 0. The standard InChI is InChI=1S/C18H19NO4/c1-12(2)14-9-7-13(8-10-14)11-23-18(22)19-16-6-4-3-5-15(16)17(20)21/h3-10,12H,11H2,1-2H3,(H,19,22)(H,20,21). The Morgan fingerprint density at radius 2 is 1.74 bits per heavy atom. The number of para-hydroxylation sites is 1. The molecule has 0 saturated carbocycles. The summed E-state index contributed by atoms with van der Waals surface area (Å²) in [6.07, 6.45) is -0.688. The number of ether oxygens (including phenoxy) is 1. The van der Waals surface area contributed by atoms with Gasteiger partial charge in [0.15, 0.2) is 0 Å².